The van der Waals surface area contributed by atoms with E-state index in [1.807, 2.05) is 31.2 Å². The van der Waals surface area contributed by atoms with Gasteiger partial charge in [-0.15, -0.1) is 0 Å². The maximum atomic E-state index is 14.5. The first kappa shape index (κ1) is 20.9. The van der Waals surface area contributed by atoms with Crippen molar-refractivity contribution in [1.82, 2.24) is 4.72 Å². The summed E-state index contributed by atoms with van der Waals surface area (Å²) in [5, 5.41) is -0.811. The van der Waals surface area contributed by atoms with E-state index < -0.39 is 33.4 Å². The molecule has 1 fully saturated rings. The summed E-state index contributed by atoms with van der Waals surface area (Å²) in [5.74, 6) is -1.54. The van der Waals surface area contributed by atoms with Crippen LogP contribution in [-0.2, 0) is 10.0 Å². The van der Waals surface area contributed by atoms with Crippen LogP contribution < -0.4 is 10.5 Å². The Labute approximate surface area is 169 Å². The zero-order valence-electron chi connectivity index (χ0n) is 15.4. The number of hydrogen-bond acceptors (Lipinski definition) is 4. The Kier molecular flexibility index (Phi) is 6.19. The fraction of sp³-hybridized carbons (Fsp3) is 0.350. The zero-order chi connectivity index (χ0) is 20.5. The minimum atomic E-state index is -3.69. The summed E-state index contributed by atoms with van der Waals surface area (Å²) in [7, 11) is -3.69. The number of sulfonamides is 1. The lowest BCUT2D eigenvalue weighted by atomic mass is 9.99. The van der Waals surface area contributed by atoms with Gasteiger partial charge in [0.15, 0.2) is 11.6 Å². The van der Waals surface area contributed by atoms with Crippen LogP contribution in [0.5, 0.6) is 0 Å². The van der Waals surface area contributed by atoms with E-state index >= 15 is 0 Å². The highest BCUT2D eigenvalue weighted by Crippen LogP contribution is 2.29. The summed E-state index contributed by atoms with van der Waals surface area (Å²) in [4.78, 5) is 12.5. The Balaban J connectivity index is 1.81. The Morgan fingerprint density at radius 1 is 1.25 bits per heavy atom. The van der Waals surface area contributed by atoms with E-state index in [4.69, 9.17) is 17.3 Å². The second-order valence-electron chi connectivity index (χ2n) is 7.17. The predicted octanol–water partition coefficient (Wildman–Crippen LogP) is 3.44. The molecule has 3 N–H and O–H groups in total. The van der Waals surface area contributed by atoms with Gasteiger partial charge in [0.25, 0.3) is 0 Å². The zero-order valence-corrected chi connectivity index (χ0v) is 17.0. The molecule has 0 spiro atoms. The molecule has 0 radical (unpaired) electrons. The lowest BCUT2D eigenvalue weighted by Crippen LogP contribution is -2.37. The van der Waals surface area contributed by atoms with Crippen LogP contribution in [-0.4, -0.2) is 32.0 Å². The molecule has 0 aliphatic heterocycles. The molecule has 1 saturated carbocycles. The van der Waals surface area contributed by atoms with Gasteiger partial charge in [-0.1, -0.05) is 41.4 Å². The number of nitrogens with two attached hydrogens (primary N) is 1. The van der Waals surface area contributed by atoms with Crippen LogP contribution in [0.25, 0.3) is 11.1 Å². The first-order valence-corrected chi connectivity index (χ1v) is 10.9. The third-order valence-corrected chi connectivity index (χ3v) is 7.11. The number of aryl methyl sites for hydroxylation is 1. The molecule has 0 bridgehead atoms. The quantitative estimate of drug-likeness (QED) is 0.695. The van der Waals surface area contributed by atoms with Gasteiger partial charge in [-0.05, 0) is 49.4 Å². The normalized spacial score (nSPS) is 19.7. The van der Waals surface area contributed by atoms with Gasteiger partial charge in [-0.25, -0.2) is 17.5 Å². The molecule has 150 valence electrons. The number of carbonyl (C=O) groups is 1. The van der Waals surface area contributed by atoms with Gasteiger partial charge in [0.1, 0.15) is 0 Å². The molecule has 8 heteroatoms. The van der Waals surface area contributed by atoms with Gasteiger partial charge in [-0.2, -0.15) is 0 Å². The topological polar surface area (TPSA) is 89.3 Å². The molecule has 3 rings (SSSR count). The highest BCUT2D eigenvalue weighted by atomic mass is 35.5. The van der Waals surface area contributed by atoms with Crippen molar-refractivity contribution in [3.63, 3.8) is 0 Å². The van der Waals surface area contributed by atoms with E-state index in [9.17, 15) is 17.6 Å². The molecule has 0 aromatic heterocycles. The molecule has 2 atom stereocenters. The molecule has 2 aromatic rings. The number of carbonyl (C=O) groups excluding carboxylic acids is 1. The molecule has 2 aromatic carbocycles. The highest BCUT2D eigenvalue weighted by molar-refractivity contribution is 7.90. The summed E-state index contributed by atoms with van der Waals surface area (Å²) in [6.07, 6.45) is 1.43. The highest BCUT2D eigenvalue weighted by Gasteiger charge is 2.33. The minimum absolute atomic E-state index is 0.153. The number of ketones is 1. The van der Waals surface area contributed by atoms with Gasteiger partial charge in [0, 0.05) is 6.04 Å². The monoisotopic (exact) mass is 424 g/mol. The standard InChI is InChI=1S/C20H22ClFN2O3S/c1-12-3-2-4-13(7-12)14-8-17(20(22)18(21)9-14)19(25)11-24-28(26,27)16-6-5-15(23)10-16/h2-4,7-9,15-16,24H,5-6,10-11,23H2,1H3. The van der Waals surface area contributed by atoms with Crippen molar-refractivity contribution in [2.24, 2.45) is 5.73 Å². The van der Waals surface area contributed by atoms with Gasteiger partial charge in [0.2, 0.25) is 10.0 Å². The lowest BCUT2D eigenvalue weighted by molar-refractivity contribution is 0.0993. The van der Waals surface area contributed by atoms with Crippen molar-refractivity contribution in [3.05, 3.63) is 58.4 Å². The van der Waals surface area contributed by atoms with Crippen molar-refractivity contribution in [3.8, 4) is 11.1 Å². The van der Waals surface area contributed by atoms with Crippen molar-refractivity contribution in [2.45, 2.75) is 37.5 Å². The SMILES string of the molecule is Cc1cccc(-c2cc(Cl)c(F)c(C(=O)CNS(=O)(=O)C3CCC(N)C3)c2)c1. The number of hydrogen-bond donors (Lipinski definition) is 2. The molecule has 28 heavy (non-hydrogen) atoms. The van der Waals surface area contributed by atoms with Crippen molar-refractivity contribution in [1.29, 1.82) is 0 Å². The molecule has 2 unspecified atom stereocenters. The number of halogens is 2. The smallest absolute Gasteiger partial charge is 0.214 e. The molecular formula is C20H22ClFN2O3S. The first-order valence-electron chi connectivity index (χ1n) is 9.00. The molecule has 5 nitrogen and oxygen atoms in total. The first-order chi connectivity index (χ1) is 13.2. The fourth-order valence-electron chi connectivity index (χ4n) is 3.42. The Hall–Kier alpha value is -1.80. The summed E-state index contributed by atoms with van der Waals surface area (Å²) in [6.45, 7) is 1.39. The molecule has 0 saturated heterocycles. The van der Waals surface area contributed by atoms with E-state index in [0.717, 1.165) is 11.1 Å². The van der Waals surface area contributed by atoms with Gasteiger partial charge >= 0.3 is 0 Å². The summed E-state index contributed by atoms with van der Waals surface area (Å²) >= 11 is 5.98. The Morgan fingerprint density at radius 2 is 2.00 bits per heavy atom. The maximum absolute atomic E-state index is 14.5. The molecule has 0 heterocycles. The predicted molar refractivity (Wildman–Crippen MR) is 108 cm³/mol. The number of Topliss-reactive ketones (excluding diaryl/α,β-unsaturated/α-hetero) is 1. The van der Waals surface area contributed by atoms with Crippen molar-refractivity contribution in [2.75, 3.05) is 6.54 Å². The van der Waals surface area contributed by atoms with Gasteiger partial charge < -0.3 is 5.73 Å². The van der Waals surface area contributed by atoms with Crippen LogP contribution in [0.15, 0.2) is 36.4 Å². The largest absolute Gasteiger partial charge is 0.328 e. The number of rotatable bonds is 6. The average molecular weight is 425 g/mol. The van der Waals surface area contributed by atoms with Crippen LogP contribution in [0, 0.1) is 12.7 Å². The molecule has 1 aliphatic carbocycles. The van der Waals surface area contributed by atoms with Crippen molar-refractivity contribution >= 4 is 27.4 Å². The molecule has 1 aliphatic rings. The van der Waals surface area contributed by atoms with Crippen LogP contribution in [0.3, 0.4) is 0 Å². The summed E-state index contributed by atoms with van der Waals surface area (Å²) < 4.78 is 41.5. The third-order valence-electron chi connectivity index (χ3n) is 4.98. The Morgan fingerprint density at radius 3 is 2.64 bits per heavy atom. The van der Waals surface area contributed by atoms with Crippen LogP contribution >= 0.6 is 11.6 Å². The van der Waals surface area contributed by atoms with Gasteiger partial charge in [0.05, 0.1) is 22.4 Å². The van der Waals surface area contributed by atoms with Crippen LogP contribution in [0.2, 0.25) is 5.02 Å². The summed E-state index contributed by atoms with van der Waals surface area (Å²) in [6, 6.07) is 10.2. The Bertz CT molecular complexity index is 1010. The molecule has 0 amide bonds. The summed E-state index contributed by atoms with van der Waals surface area (Å²) in [5.41, 5.74) is 7.91. The van der Waals surface area contributed by atoms with Crippen LogP contribution in [0.1, 0.15) is 35.2 Å². The van der Waals surface area contributed by atoms with Crippen molar-refractivity contribution < 1.29 is 17.6 Å². The number of nitrogens with one attached hydrogen (secondary N) is 1. The second kappa shape index (κ2) is 8.29. The van der Waals surface area contributed by atoms with E-state index in [1.54, 1.807) is 0 Å². The molecular weight excluding hydrogens is 403 g/mol. The van der Waals surface area contributed by atoms with E-state index in [0.29, 0.717) is 24.8 Å². The fourth-order valence-corrected chi connectivity index (χ4v) is 5.15. The van der Waals surface area contributed by atoms with Crippen LogP contribution in [0.4, 0.5) is 4.39 Å². The average Bonchev–Trinajstić information content (AvgIpc) is 3.09. The van der Waals surface area contributed by atoms with E-state index in [-0.39, 0.29) is 16.6 Å². The second-order valence-corrected chi connectivity index (χ2v) is 9.63. The minimum Gasteiger partial charge on any atom is -0.328 e. The maximum Gasteiger partial charge on any atom is 0.214 e. The number of benzene rings is 2. The van der Waals surface area contributed by atoms with E-state index in [2.05, 4.69) is 4.72 Å². The lowest BCUT2D eigenvalue weighted by Gasteiger charge is -2.13. The third kappa shape index (κ3) is 4.60. The van der Waals surface area contributed by atoms with Gasteiger partial charge in [-0.3, -0.25) is 4.79 Å². The van der Waals surface area contributed by atoms with E-state index in [1.165, 1.54) is 12.1 Å².